The second-order valence-electron chi connectivity index (χ2n) is 9.25. The van der Waals surface area contributed by atoms with Gasteiger partial charge in [0.05, 0.1) is 22.4 Å². The van der Waals surface area contributed by atoms with Crippen LogP contribution < -0.4 is 20.1 Å². The highest BCUT2D eigenvalue weighted by Gasteiger charge is 2.19. The predicted octanol–water partition coefficient (Wildman–Crippen LogP) is 3.75. The summed E-state index contributed by atoms with van der Waals surface area (Å²) in [5.74, 6) is -0.494. The number of rotatable bonds is 7. The second kappa shape index (κ2) is 11.1. The smallest absolute Gasteiger partial charge is 0.341 e. The van der Waals surface area contributed by atoms with Crippen LogP contribution in [0.5, 0.6) is 5.75 Å². The van der Waals surface area contributed by atoms with Crippen LogP contribution in [0.4, 0.5) is 11.6 Å². The lowest BCUT2D eigenvalue weighted by Gasteiger charge is -2.24. The second-order valence-corrected chi connectivity index (χ2v) is 9.66. The van der Waals surface area contributed by atoms with Crippen LogP contribution in [0.2, 0.25) is 5.02 Å². The number of para-hydroxylation sites is 1. The third-order valence-corrected chi connectivity index (χ3v) is 7.00. The number of benzene rings is 2. The van der Waals surface area contributed by atoms with Crippen molar-refractivity contribution >= 4 is 40.1 Å². The Morgan fingerprint density at radius 1 is 1.05 bits per heavy atom. The minimum absolute atomic E-state index is 0.00684. The first-order valence-electron chi connectivity index (χ1n) is 12.4. The number of halogens is 1. The van der Waals surface area contributed by atoms with Gasteiger partial charge in [0.15, 0.2) is 12.4 Å². The van der Waals surface area contributed by atoms with Crippen LogP contribution in [-0.4, -0.2) is 58.4 Å². The van der Waals surface area contributed by atoms with E-state index in [1.807, 2.05) is 24.3 Å². The Balaban J connectivity index is 1.36. The molecule has 38 heavy (non-hydrogen) atoms. The Kier molecular flexibility index (Phi) is 7.46. The number of carboxylic acids is 1. The molecule has 3 heterocycles. The fourth-order valence-corrected chi connectivity index (χ4v) is 4.89. The molecule has 1 N–H and O–H groups in total. The highest BCUT2D eigenvalue weighted by atomic mass is 35.5. The molecule has 2 aromatic heterocycles. The number of aryl methyl sites for hydroxylation is 1. The zero-order valence-electron chi connectivity index (χ0n) is 21.0. The summed E-state index contributed by atoms with van der Waals surface area (Å²) in [6.07, 6.45) is 3.12. The summed E-state index contributed by atoms with van der Waals surface area (Å²) in [5.41, 5.74) is 3.20. The van der Waals surface area contributed by atoms with Crippen molar-refractivity contribution in [3.63, 3.8) is 0 Å². The van der Waals surface area contributed by atoms with Crippen molar-refractivity contribution in [3.8, 4) is 5.75 Å². The first-order valence-corrected chi connectivity index (χ1v) is 12.8. The maximum absolute atomic E-state index is 12.5. The topological polar surface area (TPSA) is 101 Å². The molecule has 0 amide bonds. The van der Waals surface area contributed by atoms with Crippen LogP contribution in [0.25, 0.3) is 10.9 Å². The van der Waals surface area contributed by atoms with Crippen molar-refractivity contribution < 1.29 is 14.6 Å². The summed E-state index contributed by atoms with van der Waals surface area (Å²) in [4.78, 5) is 37.4. The van der Waals surface area contributed by atoms with Crippen LogP contribution in [0.3, 0.4) is 0 Å². The number of carbonyl (C=O) groups is 1. The Morgan fingerprint density at radius 2 is 1.82 bits per heavy atom. The lowest BCUT2D eigenvalue weighted by atomic mass is 10.1. The summed E-state index contributed by atoms with van der Waals surface area (Å²) < 4.78 is 6.66. The monoisotopic (exact) mass is 533 g/mol. The van der Waals surface area contributed by atoms with Gasteiger partial charge in [0.2, 0.25) is 5.95 Å². The maximum atomic E-state index is 12.5. The molecule has 196 valence electrons. The van der Waals surface area contributed by atoms with Gasteiger partial charge in [0.25, 0.3) is 5.56 Å². The molecule has 0 saturated carbocycles. The Bertz CT molecular complexity index is 1530. The van der Waals surface area contributed by atoms with Crippen molar-refractivity contribution in [2.45, 2.75) is 12.8 Å². The van der Waals surface area contributed by atoms with Gasteiger partial charge in [0.1, 0.15) is 0 Å². The third-order valence-electron chi connectivity index (χ3n) is 6.68. The van der Waals surface area contributed by atoms with Crippen molar-refractivity contribution in [1.82, 2.24) is 14.5 Å². The standard InChI is InChI=1S/C28H28ClN5O4/c1-32-24-9-8-19(14-20(24)16-25(27(32)37)38-18-26(35)36)15-23-22(29)17-30-28(31-23)34-11-5-10-33(12-13-34)21-6-3-2-4-7-21/h2-4,6-9,14,16-17H,5,10-13,15,18H2,1H3,(H,35,36). The number of hydrogen-bond donors (Lipinski definition) is 1. The summed E-state index contributed by atoms with van der Waals surface area (Å²) in [7, 11) is 1.63. The van der Waals surface area contributed by atoms with Gasteiger partial charge in [-0.1, -0.05) is 35.9 Å². The van der Waals surface area contributed by atoms with Gasteiger partial charge in [-0.2, -0.15) is 0 Å². The molecule has 0 radical (unpaired) electrons. The van der Waals surface area contributed by atoms with Crippen LogP contribution in [0, 0.1) is 0 Å². The Hall–Kier alpha value is -4.11. The van der Waals surface area contributed by atoms with Gasteiger partial charge < -0.3 is 24.2 Å². The summed E-state index contributed by atoms with van der Waals surface area (Å²) in [6.45, 7) is 2.92. The van der Waals surface area contributed by atoms with E-state index >= 15 is 0 Å². The molecule has 2 aromatic carbocycles. The van der Waals surface area contributed by atoms with Gasteiger partial charge in [-0.05, 0) is 42.3 Å². The first-order chi connectivity index (χ1) is 18.4. The largest absolute Gasteiger partial charge is 0.479 e. The van der Waals surface area contributed by atoms with Gasteiger partial charge in [-0.25, -0.2) is 14.8 Å². The Labute approximate surface area is 224 Å². The van der Waals surface area contributed by atoms with E-state index in [4.69, 9.17) is 26.4 Å². The highest BCUT2D eigenvalue weighted by Crippen LogP contribution is 2.24. The fraction of sp³-hybridized carbons (Fsp3) is 0.286. The summed E-state index contributed by atoms with van der Waals surface area (Å²) in [6, 6.07) is 17.7. The minimum atomic E-state index is -1.15. The van der Waals surface area contributed by atoms with Crippen molar-refractivity contribution in [1.29, 1.82) is 0 Å². The molecule has 5 rings (SSSR count). The van der Waals surface area contributed by atoms with E-state index in [9.17, 15) is 9.59 Å². The van der Waals surface area contributed by atoms with Crippen molar-refractivity contribution in [3.05, 3.63) is 87.4 Å². The number of ether oxygens (including phenoxy) is 1. The first kappa shape index (κ1) is 25.5. The van der Waals surface area contributed by atoms with Crippen LogP contribution in [-0.2, 0) is 18.3 Å². The molecule has 0 aliphatic carbocycles. The molecule has 1 saturated heterocycles. The molecule has 0 bridgehead atoms. The number of fused-ring (bicyclic) bond motifs is 1. The third kappa shape index (κ3) is 5.57. The number of anilines is 2. The maximum Gasteiger partial charge on any atom is 0.341 e. The molecule has 1 aliphatic heterocycles. The van der Waals surface area contributed by atoms with E-state index in [0.29, 0.717) is 28.6 Å². The predicted molar refractivity (Wildman–Crippen MR) is 148 cm³/mol. The average molecular weight is 534 g/mol. The molecule has 1 fully saturated rings. The molecule has 10 heteroatoms. The van der Waals surface area contributed by atoms with Gasteiger partial charge in [0, 0.05) is 50.7 Å². The van der Waals surface area contributed by atoms with Crippen LogP contribution in [0.15, 0.2) is 65.6 Å². The van der Waals surface area contributed by atoms with E-state index in [-0.39, 0.29) is 5.75 Å². The van der Waals surface area contributed by atoms with E-state index in [1.165, 1.54) is 10.3 Å². The van der Waals surface area contributed by atoms with E-state index in [1.54, 1.807) is 19.3 Å². The lowest BCUT2D eigenvalue weighted by Crippen LogP contribution is -2.31. The number of aliphatic carboxylic acids is 1. The average Bonchev–Trinajstić information content (AvgIpc) is 3.18. The highest BCUT2D eigenvalue weighted by molar-refractivity contribution is 6.31. The van der Waals surface area contributed by atoms with E-state index < -0.39 is 18.1 Å². The molecule has 4 aromatic rings. The zero-order valence-corrected chi connectivity index (χ0v) is 21.8. The lowest BCUT2D eigenvalue weighted by molar-refractivity contribution is -0.139. The number of carboxylic acid groups (broad SMARTS) is 1. The molecule has 0 unspecified atom stereocenters. The fourth-order valence-electron chi connectivity index (χ4n) is 4.73. The van der Waals surface area contributed by atoms with Crippen LogP contribution in [0.1, 0.15) is 17.7 Å². The quantitative estimate of drug-likeness (QED) is 0.383. The van der Waals surface area contributed by atoms with Gasteiger partial charge in [-0.3, -0.25) is 4.79 Å². The molecule has 0 spiro atoms. The van der Waals surface area contributed by atoms with Crippen molar-refractivity contribution in [2.24, 2.45) is 7.05 Å². The summed E-state index contributed by atoms with van der Waals surface area (Å²) >= 11 is 6.51. The molecule has 9 nitrogen and oxygen atoms in total. The molecule has 0 atom stereocenters. The number of hydrogen-bond acceptors (Lipinski definition) is 7. The van der Waals surface area contributed by atoms with Gasteiger partial charge in [-0.15, -0.1) is 0 Å². The number of aromatic nitrogens is 3. The Morgan fingerprint density at radius 3 is 2.61 bits per heavy atom. The normalized spacial score (nSPS) is 13.9. The SMILES string of the molecule is Cn1c(=O)c(OCC(=O)O)cc2cc(Cc3nc(N4CCCN(c5ccccc5)CC4)ncc3Cl)ccc21. The number of pyridine rings is 1. The molecular formula is C28H28ClN5O4. The minimum Gasteiger partial charge on any atom is -0.479 e. The summed E-state index contributed by atoms with van der Waals surface area (Å²) in [5, 5.41) is 10.2. The van der Waals surface area contributed by atoms with Crippen LogP contribution >= 0.6 is 11.6 Å². The number of nitrogens with zero attached hydrogens (tertiary/aromatic N) is 5. The zero-order chi connectivity index (χ0) is 26.6. The molecular weight excluding hydrogens is 506 g/mol. The van der Waals surface area contributed by atoms with Crippen molar-refractivity contribution in [2.75, 3.05) is 42.6 Å². The molecule has 1 aliphatic rings. The van der Waals surface area contributed by atoms with E-state index in [0.717, 1.165) is 43.5 Å². The van der Waals surface area contributed by atoms with E-state index in [2.05, 4.69) is 39.0 Å². The van der Waals surface area contributed by atoms with Gasteiger partial charge >= 0.3 is 5.97 Å².